The summed E-state index contributed by atoms with van der Waals surface area (Å²) in [6.07, 6.45) is -0.154. The number of rotatable bonds is 7. The number of aliphatic hydroxyl groups excluding tert-OH is 1. The number of imidazole rings is 1. The first-order valence-electron chi connectivity index (χ1n) is 9.31. The van der Waals surface area contributed by atoms with Crippen LogP contribution >= 0.6 is 7.82 Å². The molecule has 4 rings (SSSR count). The topological polar surface area (TPSA) is 196 Å². The lowest BCUT2D eigenvalue weighted by Gasteiger charge is -2.34. The zero-order valence-electron chi connectivity index (χ0n) is 15.5. The van der Waals surface area contributed by atoms with Gasteiger partial charge in [-0.25, -0.2) is 15.0 Å². The first-order chi connectivity index (χ1) is 13.9. The van der Waals surface area contributed by atoms with Crippen LogP contribution in [0.25, 0.3) is 11.2 Å². The minimum Gasteiger partial charge on any atom is -0.756 e. The van der Waals surface area contributed by atoms with Gasteiger partial charge in [-0.15, -0.1) is 0 Å². The standard InChI is InChI=1S/C15H24N7O6P/c16-4-2-1-3-5-18-15-21-9-12(17)19-7-20-13(9)22(15)14-10(23)11-8(27-14)6-26-29(24,25)28-11/h7-8,10-11,14,23H,1-6,16H2,(H,18,21)(H,24,25)(H2,17,19,20)/p-1/t8-,10+,11?,14-/m1/s1. The summed E-state index contributed by atoms with van der Waals surface area (Å²) in [5.74, 6) is 0.544. The molecular formula is C15H23N7O6P-. The molecular weight excluding hydrogens is 405 g/mol. The number of phosphoric acid groups is 1. The molecule has 0 bridgehead atoms. The number of aromatic nitrogens is 4. The normalized spacial score (nSPS) is 31.8. The van der Waals surface area contributed by atoms with Crippen LogP contribution in [0, 0.1) is 0 Å². The van der Waals surface area contributed by atoms with Crippen molar-refractivity contribution in [3.05, 3.63) is 6.33 Å². The van der Waals surface area contributed by atoms with Crippen molar-refractivity contribution >= 4 is 30.8 Å². The van der Waals surface area contributed by atoms with Gasteiger partial charge >= 0.3 is 0 Å². The number of anilines is 2. The molecule has 6 N–H and O–H groups in total. The number of fused-ring (bicyclic) bond motifs is 2. The molecule has 4 heterocycles. The average Bonchev–Trinajstić information content (AvgIpc) is 3.19. The van der Waals surface area contributed by atoms with E-state index in [9.17, 15) is 14.6 Å². The van der Waals surface area contributed by atoms with Crippen LogP contribution in [0.2, 0.25) is 0 Å². The predicted octanol–water partition coefficient (Wildman–Crippen LogP) is -0.908. The van der Waals surface area contributed by atoms with Crippen molar-refractivity contribution in [1.29, 1.82) is 0 Å². The summed E-state index contributed by atoms with van der Waals surface area (Å²) in [6, 6.07) is 0. The number of unbranched alkanes of at least 4 members (excludes halogenated alkanes) is 2. The van der Waals surface area contributed by atoms with Crippen LogP contribution in [0.4, 0.5) is 11.8 Å². The summed E-state index contributed by atoms with van der Waals surface area (Å²) in [7, 11) is -4.48. The van der Waals surface area contributed by atoms with Gasteiger partial charge in [0.1, 0.15) is 24.6 Å². The van der Waals surface area contributed by atoms with Crippen molar-refractivity contribution in [1.82, 2.24) is 19.5 Å². The number of aliphatic hydroxyl groups is 1. The molecule has 2 aromatic heterocycles. The Bertz CT molecular complexity index is 926. The minimum absolute atomic E-state index is 0.175. The Morgan fingerprint density at radius 3 is 3.00 bits per heavy atom. The van der Waals surface area contributed by atoms with Crippen molar-refractivity contribution in [3.63, 3.8) is 0 Å². The van der Waals surface area contributed by atoms with E-state index in [2.05, 4.69) is 24.8 Å². The van der Waals surface area contributed by atoms with Crippen LogP contribution in [-0.4, -0.2) is 62.6 Å². The van der Waals surface area contributed by atoms with Gasteiger partial charge in [-0.3, -0.25) is 9.13 Å². The Balaban J connectivity index is 1.64. The monoisotopic (exact) mass is 428 g/mol. The van der Waals surface area contributed by atoms with Gasteiger partial charge in [-0.05, 0) is 19.4 Å². The van der Waals surface area contributed by atoms with E-state index in [1.165, 1.54) is 6.33 Å². The second kappa shape index (κ2) is 8.11. The van der Waals surface area contributed by atoms with Gasteiger partial charge in [0.2, 0.25) is 5.95 Å². The Labute approximate surface area is 166 Å². The Morgan fingerprint density at radius 1 is 1.38 bits per heavy atom. The zero-order valence-corrected chi connectivity index (χ0v) is 16.4. The molecule has 0 spiro atoms. The molecule has 160 valence electrons. The van der Waals surface area contributed by atoms with Crippen molar-refractivity contribution in [2.24, 2.45) is 5.73 Å². The van der Waals surface area contributed by atoms with Crippen LogP contribution in [0.3, 0.4) is 0 Å². The number of ether oxygens (including phenoxy) is 1. The minimum atomic E-state index is -4.48. The molecule has 2 unspecified atom stereocenters. The fourth-order valence-electron chi connectivity index (χ4n) is 3.48. The smallest absolute Gasteiger partial charge is 0.268 e. The summed E-state index contributed by atoms with van der Waals surface area (Å²) >= 11 is 0. The van der Waals surface area contributed by atoms with E-state index in [1.54, 1.807) is 4.57 Å². The highest BCUT2D eigenvalue weighted by atomic mass is 31.2. The molecule has 0 aliphatic carbocycles. The second-order valence-corrected chi connectivity index (χ2v) is 8.24. The molecule has 2 aromatic rings. The molecule has 5 atom stereocenters. The Hall–Kier alpha value is -1.86. The number of nitrogens with two attached hydrogens (primary N) is 2. The molecule has 29 heavy (non-hydrogen) atoms. The quantitative estimate of drug-likeness (QED) is 0.313. The van der Waals surface area contributed by atoms with Gasteiger partial charge in [0.15, 0.2) is 23.2 Å². The van der Waals surface area contributed by atoms with E-state index in [0.717, 1.165) is 19.3 Å². The van der Waals surface area contributed by atoms with Crippen molar-refractivity contribution in [3.8, 4) is 0 Å². The van der Waals surface area contributed by atoms with Gasteiger partial charge in [-0.2, -0.15) is 0 Å². The molecule has 2 saturated heterocycles. The molecule has 0 saturated carbocycles. The first kappa shape index (κ1) is 20.4. The van der Waals surface area contributed by atoms with Crippen molar-refractivity contribution in [2.45, 2.75) is 43.8 Å². The van der Waals surface area contributed by atoms with Crippen molar-refractivity contribution < 1.29 is 28.3 Å². The maximum Gasteiger partial charge on any atom is 0.268 e. The highest BCUT2D eigenvalue weighted by molar-refractivity contribution is 7.45. The molecule has 0 aromatic carbocycles. The predicted molar refractivity (Wildman–Crippen MR) is 99.5 cm³/mol. The Kier molecular flexibility index (Phi) is 5.71. The molecule has 2 aliphatic heterocycles. The maximum atomic E-state index is 11.6. The molecule has 0 amide bonds. The number of nitrogens with one attached hydrogen (secondary N) is 1. The van der Waals surface area contributed by atoms with Crippen LogP contribution in [0.5, 0.6) is 0 Å². The van der Waals surface area contributed by atoms with Crippen LogP contribution in [-0.2, 0) is 18.3 Å². The fourth-order valence-corrected chi connectivity index (χ4v) is 4.43. The Morgan fingerprint density at radius 2 is 2.21 bits per heavy atom. The maximum absolute atomic E-state index is 11.6. The van der Waals surface area contributed by atoms with Gasteiger partial charge in [0, 0.05) is 6.54 Å². The van der Waals surface area contributed by atoms with Gasteiger partial charge in [0.05, 0.1) is 6.61 Å². The van der Waals surface area contributed by atoms with Gasteiger partial charge in [-0.1, -0.05) is 6.42 Å². The van der Waals surface area contributed by atoms with E-state index >= 15 is 0 Å². The van der Waals surface area contributed by atoms with Gasteiger partial charge < -0.3 is 40.6 Å². The van der Waals surface area contributed by atoms with Crippen LogP contribution < -0.4 is 21.7 Å². The lowest BCUT2D eigenvalue weighted by atomic mass is 10.1. The van der Waals surface area contributed by atoms with E-state index < -0.39 is 32.4 Å². The lowest BCUT2D eigenvalue weighted by Crippen LogP contribution is -2.41. The number of hydrogen-bond acceptors (Lipinski definition) is 12. The molecule has 13 nitrogen and oxygen atoms in total. The number of nitrogen functional groups attached to an aromatic ring is 1. The van der Waals surface area contributed by atoms with E-state index in [1.807, 2.05) is 0 Å². The molecule has 14 heteroatoms. The summed E-state index contributed by atoms with van der Waals surface area (Å²) in [6.45, 7) is 0.980. The van der Waals surface area contributed by atoms with E-state index in [4.69, 9.17) is 20.7 Å². The fraction of sp³-hybridized carbons (Fsp3) is 0.667. The van der Waals surface area contributed by atoms with Gasteiger partial charge in [0.25, 0.3) is 7.82 Å². The third-order valence-corrected chi connectivity index (χ3v) is 5.85. The molecule has 2 fully saturated rings. The second-order valence-electron chi connectivity index (χ2n) is 6.88. The zero-order chi connectivity index (χ0) is 20.6. The summed E-state index contributed by atoms with van der Waals surface area (Å²) in [5.41, 5.74) is 12.1. The first-order valence-corrected chi connectivity index (χ1v) is 10.8. The number of hydrogen-bond donors (Lipinski definition) is 4. The third-order valence-electron chi connectivity index (χ3n) is 4.88. The van der Waals surface area contributed by atoms with Crippen LogP contribution in [0.1, 0.15) is 25.5 Å². The summed E-state index contributed by atoms with van der Waals surface area (Å²) in [5, 5.41) is 13.9. The van der Waals surface area contributed by atoms with Crippen LogP contribution in [0.15, 0.2) is 6.33 Å². The highest BCUT2D eigenvalue weighted by Gasteiger charge is 2.51. The SMILES string of the molecule is NCCCCCNc1nc2c(N)ncnc2n1[C@@H]1O[C@@H]2COP(=O)([O-])OC2[C@@H]1O. The van der Waals surface area contributed by atoms with Crippen molar-refractivity contribution in [2.75, 3.05) is 30.7 Å². The largest absolute Gasteiger partial charge is 0.756 e. The lowest BCUT2D eigenvalue weighted by molar-refractivity contribution is -0.245. The average molecular weight is 428 g/mol. The summed E-state index contributed by atoms with van der Waals surface area (Å²) < 4.78 is 28.6. The highest BCUT2D eigenvalue weighted by Crippen LogP contribution is 2.50. The number of phosphoric ester groups is 1. The van der Waals surface area contributed by atoms with E-state index in [0.29, 0.717) is 30.2 Å². The number of nitrogens with zero attached hydrogens (tertiary/aromatic N) is 4. The summed E-state index contributed by atoms with van der Waals surface area (Å²) in [4.78, 5) is 24.2. The third kappa shape index (κ3) is 3.94. The van der Waals surface area contributed by atoms with E-state index in [-0.39, 0.29) is 12.4 Å². The molecule has 2 aliphatic rings. The molecule has 0 radical (unpaired) electrons.